The molecule has 2 unspecified atom stereocenters. The van der Waals surface area contributed by atoms with Crippen molar-refractivity contribution in [3.05, 3.63) is 52.5 Å². The summed E-state index contributed by atoms with van der Waals surface area (Å²) in [7, 11) is 0. The molecule has 1 fully saturated rings. The van der Waals surface area contributed by atoms with Gasteiger partial charge in [-0.1, -0.05) is 38.1 Å². The predicted molar refractivity (Wildman–Crippen MR) is 107 cm³/mol. The number of fused-ring (bicyclic) bond motifs is 3. The first-order valence-electron chi connectivity index (χ1n) is 10.5. The average molecular weight is 364 g/mol. The summed E-state index contributed by atoms with van der Waals surface area (Å²) < 4.78 is 6.60. The lowest BCUT2D eigenvalue weighted by atomic mass is 9.86. The predicted octanol–water partition coefficient (Wildman–Crippen LogP) is 4.19. The Morgan fingerprint density at radius 1 is 1.26 bits per heavy atom. The standard InChI is InChI=1S/C23H29N3O/c1-3-21-24-20-13-23(11-10-17-8-4-5-9-19(17)23)27-15-18(20)22(25-21)26-12-6-7-16(2)14-26/h4-5,8-9,16H,3,6-7,10-15H2,1-2H3. The van der Waals surface area contributed by atoms with E-state index in [0.29, 0.717) is 6.61 Å². The molecule has 0 bridgehead atoms. The molecule has 1 aliphatic carbocycles. The second kappa shape index (κ2) is 6.59. The van der Waals surface area contributed by atoms with Gasteiger partial charge in [0.05, 0.1) is 17.9 Å². The first-order chi connectivity index (χ1) is 13.2. The fourth-order valence-corrected chi connectivity index (χ4v) is 5.18. The number of hydrogen-bond donors (Lipinski definition) is 0. The van der Waals surface area contributed by atoms with Crippen molar-refractivity contribution in [2.75, 3.05) is 18.0 Å². The molecular weight excluding hydrogens is 334 g/mol. The number of aryl methyl sites for hydroxylation is 2. The second-order valence-corrected chi connectivity index (χ2v) is 8.55. The number of nitrogens with zero attached hydrogens (tertiary/aromatic N) is 3. The molecule has 4 heteroatoms. The zero-order chi connectivity index (χ0) is 18.4. The normalized spacial score (nSPS) is 26.9. The smallest absolute Gasteiger partial charge is 0.138 e. The Morgan fingerprint density at radius 3 is 3.00 bits per heavy atom. The number of aromatic nitrogens is 2. The molecule has 2 aliphatic heterocycles. The van der Waals surface area contributed by atoms with Gasteiger partial charge in [0.1, 0.15) is 11.6 Å². The van der Waals surface area contributed by atoms with E-state index in [1.165, 1.54) is 35.2 Å². The van der Waals surface area contributed by atoms with Gasteiger partial charge < -0.3 is 9.64 Å². The van der Waals surface area contributed by atoms with E-state index in [0.717, 1.165) is 56.3 Å². The third-order valence-electron chi connectivity index (χ3n) is 6.64. The van der Waals surface area contributed by atoms with Crippen molar-refractivity contribution in [1.82, 2.24) is 9.97 Å². The Morgan fingerprint density at radius 2 is 2.15 bits per heavy atom. The van der Waals surface area contributed by atoms with Gasteiger partial charge in [0.15, 0.2) is 0 Å². The third-order valence-corrected chi connectivity index (χ3v) is 6.64. The lowest BCUT2D eigenvalue weighted by molar-refractivity contribution is -0.0729. The highest BCUT2D eigenvalue weighted by molar-refractivity contribution is 5.52. The monoisotopic (exact) mass is 363 g/mol. The van der Waals surface area contributed by atoms with Crippen molar-refractivity contribution < 1.29 is 4.74 Å². The fourth-order valence-electron chi connectivity index (χ4n) is 5.18. The van der Waals surface area contributed by atoms with Crippen molar-refractivity contribution in [3.8, 4) is 0 Å². The highest BCUT2D eigenvalue weighted by atomic mass is 16.5. The minimum atomic E-state index is -0.185. The van der Waals surface area contributed by atoms with Gasteiger partial charge in [-0.15, -0.1) is 0 Å². The summed E-state index contributed by atoms with van der Waals surface area (Å²) in [6.45, 7) is 7.34. The number of ether oxygens (including phenoxy) is 1. The quantitative estimate of drug-likeness (QED) is 0.802. The average Bonchev–Trinajstić information content (AvgIpc) is 3.05. The minimum Gasteiger partial charge on any atom is -0.365 e. The SMILES string of the molecule is CCc1nc2c(c(N3CCCC(C)C3)n1)COC1(CCc3ccccc31)C2. The van der Waals surface area contributed by atoms with Crippen LogP contribution in [-0.4, -0.2) is 23.1 Å². The minimum absolute atomic E-state index is 0.185. The molecule has 3 aliphatic rings. The summed E-state index contributed by atoms with van der Waals surface area (Å²) in [5, 5.41) is 0. The first-order valence-corrected chi connectivity index (χ1v) is 10.5. The molecule has 5 rings (SSSR count). The van der Waals surface area contributed by atoms with E-state index in [1.807, 2.05) is 0 Å². The Labute approximate surface area is 162 Å². The van der Waals surface area contributed by atoms with Crippen molar-refractivity contribution in [1.29, 1.82) is 0 Å². The molecule has 0 N–H and O–H groups in total. The molecule has 3 heterocycles. The van der Waals surface area contributed by atoms with Crippen molar-refractivity contribution in [2.24, 2.45) is 5.92 Å². The van der Waals surface area contributed by atoms with Crippen LogP contribution in [-0.2, 0) is 36.2 Å². The van der Waals surface area contributed by atoms with Crippen LogP contribution in [0.5, 0.6) is 0 Å². The fraction of sp³-hybridized carbons (Fsp3) is 0.565. The van der Waals surface area contributed by atoms with Crippen molar-refractivity contribution in [3.63, 3.8) is 0 Å². The van der Waals surface area contributed by atoms with Gasteiger partial charge >= 0.3 is 0 Å². The third kappa shape index (κ3) is 2.85. The summed E-state index contributed by atoms with van der Waals surface area (Å²) in [6, 6.07) is 8.79. The Balaban J connectivity index is 1.55. The maximum Gasteiger partial charge on any atom is 0.138 e. The highest BCUT2D eigenvalue weighted by Gasteiger charge is 2.44. The molecule has 0 amide bonds. The maximum absolute atomic E-state index is 6.60. The largest absolute Gasteiger partial charge is 0.365 e. The molecule has 4 nitrogen and oxygen atoms in total. The van der Waals surface area contributed by atoms with Crippen molar-refractivity contribution >= 4 is 5.82 Å². The van der Waals surface area contributed by atoms with E-state index in [4.69, 9.17) is 14.7 Å². The Kier molecular flexibility index (Phi) is 4.19. The van der Waals surface area contributed by atoms with Gasteiger partial charge in [0, 0.05) is 31.5 Å². The van der Waals surface area contributed by atoms with Gasteiger partial charge in [-0.25, -0.2) is 9.97 Å². The Bertz CT molecular complexity index is 865. The van der Waals surface area contributed by atoms with E-state index < -0.39 is 0 Å². The Hall–Kier alpha value is -1.94. The summed E-state index contributed by atoms with van der Waals surface area (Å²) in [5.74, 6) is 2.85. The van der Waals surface area contributed by atoms with Crippen LogP contribution in [0, 0.1) is 5.92 Å². The number of hydrogen-bond acceptors (Lipinski definition) is 4. The first kappa shape index (κ1) is 17.2. The molecule has 2 atom stereocenters. The van der Waals surface area contributed by atoms with Crippen LogP contribution in [0.15, 0.2) is 24.3 Å². The van der Waals surface area contributed by atoms with Gasteiger partial charge in [-0.3, -0.25) is 0 Å². The van der Waals surface area contributed by atoms with Crippen LogP contribution in [0.3, 0.4) is 0 Å². The zero-order valence-electron chi connectivity index (χ0n) is 16.5. The molecular formula is C23H29N3O. The van der Waals surface area contributed by atoms with E-state index in [2.05, 4.69) is 43.0 Å². The molecule has 1 spiro atoms. The molecule has 0 saturated carbocycles. The summed E-state index contributed by atoms with van der Waals surface area (Å²) in [6.07, 6.45) is 6.50. The van der Waals surface area contributed by atoms with Gasteiger partial charge in [0.2, 0.25) is 0 Å². The lowest BCUT2D eigenvalue weighted by Crippen LogP contribution is -2.39. The lowest BCUT2D eigenvalue weighted by Gasteiger charge is -2.39. The van der Waals surface area contributed by atoms with Crippen molar-refractivity contribution in [2.45, 2.75) is 64.6 Å². The highest BCUT2D eigenvalue weighted by Crippen LogP contribution is 2.46. The topological polar surface area (TPSA) is 38.2 Å². The van der Waals surface area contributed by atoms with Crippen LogP contribution in [0.2, 0.25) is 0 Å². The van der Waals surface area contributed by atoms with Gasteiger partial charge in [-0.2, -0.15) is 0 Å². The summed E-state index contributed by atoms with van der Waals surface area (Å²) >= 11 is 0. The molecule has 142 valence electrons. The van der Waals surface area contributed by atoms with Crippen LogP contribution >= 0.6 is 0 Å². The summed E-state index contributed by atoms with van der Waals surface area (Å²) in [5.41, 5.74) is 5.08. The van der Waals surface area contributed by atoms with E-state index in [-0.39, 0.29) is 5.60 Å². The van der Waals surface area contributed by atoms with Crippen LogP contribution in [0.4, 0.5) is 5.82 Å². The van der Waals surface area contributed by atoms with Crippen LogP contribution in [0.25, 0.3) is 0 Å². The van der Waals surface area contributed by atoms with Gasteiger partial charge in [-0.05, 0) is 42.7 Å². The van der Waals surface area contributed by atoms with E-state index in [1.54, 1.807) is 0 Å². The maximum atomic E-state index is 6.60. The van der Waals surface area contributed by atoms with Crippen LogP contribution in [0.1, 0.15) is 61.3 Å². The zero-order valence-corrected chi connectivity index (χ0v) is 16.5. The molecule has 27 heavy (non-hydrogen) atoms. The number of piperidine rings is 1. The van der Waals surface area contributed by atoms with E-state index >= 15 is 0 Å². The molecule has 2 aromatic rings. The van der Waals surface area contributed by atoms with E-state index in [9.17, 15) is 0 Å². The molecule has 1 aromatic heterocycles. The molecule has 0 radical (unpaired) electrons. The number of anilines is 1. The molecule has 1 aromatic carbocycles. The van der Waals surface area contributed by atoms with Crippen LogP contribution < -0.4 is 4.90 Å². The number of benzene rings is 1. The summed E-state index contributed by atoms with van der Waals surface area (Å²) in [4.78, 5) is 12.4. The van der Waals surface area contributed by atoms with Gasteiger partial charge in [0.25, 0.3) is 0 Å². The molecule has 1 saturated heterocycles. The number of rotatable bonds is 2. The second-order valence-electron chi connectivity index (χ2n) is 8.55.